The van der Waals surface area contributed by atoms with Gasteiger partial charge in [0, 0.05) is 48.2 Å². The van der Waals surface area contributed by atoms with Crippen molar-refractivity contribution in [1.82, 2.24) is 29.2 Å². The van der Waals surface area contributed by atoms with E-state index in [0.29, 0.717) is 29.6 Å². The normalized spacial score (nSPS) is 15.9. The minimum atomic E-state index is -0.205. The van der Waals surface area contributed by atoms with Crippen molar-refractivity contribution in [2.75, 3.05) is 19.4 Å². The maximum atomic E-state index is 13.2. The molecule has 8 nitrogen and oxygen atoms in total. The summed E-state index contributed by atoms with van der Waals surface area (Å²) < 4.78 is 3.58. The molecule has 4 aromatic rings. The van der Waals surface area contributed by atoms with E-state index < -0.39 is 0 Å². The SMILES string of the molecule is CCn1c(=O)c2cnc(Nc3ccc4c(c3)CCC(N(C)C)C4)cc2n1-c1ccnc(C(C)(C)C)n1. The Hall–Kier alpha value is -3.52. The number of hydrogen-bond donors (Lipinski definition) is 1. The highest BCUT2D eigenvalue weighted by Gasteiger charge is 2.22. The molecule has 1 atom stereocenters. The Balaban J connectivity index is 1.53. The number of likely N-dealkylation sites (N-methyl/N-ethyl adjacent to an activating group) is 1. The predicted molar refractivity (Wildman–Crippen MR) is 145 cm³/mol. The first-order valence-electron chi connectivity index (χ1n) is 12.7. The van der Waals surface area contributed by atoms with E-state index >= 15 is 0 Å². The van der Waals surface area contributed by atoms with Gasteiger partial charge in [-0.1, -0.05) is 26.8 Å². The molecule has 0 fully saturated rings. The Labute approximate surface area is 212 Å². The molecule has 0 saturated heterocycles. The maximum Gasteiger partial charge on any atom is 0.276 e. The van der Waals surface area contributed by atoms with Crippen LogP contribution in [-0.4, -0.2) is 49.4 Å². The van der Waals surface area contributed by atoms with E-state index in [4.69, 9.17) is 4.98 Å². The van der Waals surface area contributed by atoms with E-state index in [9.17, 15) is 4.79 Å². The van der Waals surface area contributed by atoms with Gasteiger partial charge in [0.2, 0.25) is 0 Å². The predicted octanol–water partition coefficient (Wildman–Crippen LogP) is 4.46. The fraction of sp³-hybridized carbons (Fsp3) is 0.429. The first-order valence-corrected chi connectivity index (χ1v) is 12.7. The van der Waals surface area contributed by atoms with Crippen LogP contribution in [0.2, 0.25) is 0 Å². The number of nitrogens with one attached hydrogen (secondary N) is 1. The number of hydrogen-bond acceptors (Lipinski definition) is 6. The van der Waals surface area contributed by atoms with E-state index in [1.165, 1.54) is 17.5 Å². The first kappa shape index (κ1) is 24.2. The summed E-state index contributed by atoms with van der Waals surface area (Å²) in [6, 6.07) is 11.0. The number of fused-ring (bicyclic) bond motifs is 2. The molecule has 0 radical (unpaired) electrons. The summed E-state index contributed by atoms with van der Waals surface area (Å²) in [6.45, 7) is 8.72. The summed E-state index contributed by atoms with van der Waals surface area (Å²) in [5.41, 5.74) is 4.30. The van der Waals surface area contributed by atoms with Crippen LogP contribution in [0.15, 0.2) is 47.5 Å². The first-order chi connectivity index (χ1) is 17.2. The lowest BCUT2D eigenvalue weighted by molar-refractivity contribution is 0.268. The number of pyridine rings is 1. The number of nitrogens with zero attached hydrogens (tertiary/aromatic N) is 6. The van der Waals surface area contributed by atoms with Gasteiger partial charge in [0.05, 0.1) is 10.9 Å². The molecule has 1 aliphatic carbocycles. The molecule has 0 bridgehead atoms. The smallest absolute Gasteiger partial charge is 0.276 e. The molecule has 0 amide bonds. The van der Waals surface area contributed by atoms with Crippen molar-refractivity contribution in [2.24, 2.45) is 0 Å². The average Bonchev–Trinajstić information content (AvgIpc) is 3.14. The third-order valence-corrected chi connectivity index (χ3v) is 7.06. The molecule has 1 aromatic carbocycles. The zero-order valence-electron chi connectivity index (χ0n) is 22.0. The summed E-state index contributed by atoms with van der Waals surface area (Å²) in [7, 11) is 4.31. The highest BCUT2D eigenvalue weighted by Crippen LogP contribution is 2.28. The van der Waals surface area contributed by atoms with Crippen LogP contribution in [0.5, 0.6) is 0 Å². The lowest BCUT2D eigenvalue weighted by Crippen LogP contribution is -2.33. The van der Waals surface area contributed by atoms with Crippen LogP contribution in [-0.2, 0) is 24.8 Å². The monoisotopic (exact) mass is 485 g/mol. The van der Waals surface area contributed by atoms with Crippen molar-refractivity contribution in [1.29, 1.82) is 0 Å². The summed E-state index contributed by atoms with van der Waals surface area (Å²) in [5.74, 6) is 2.09. The molecule has 0 aliphatic heterocycles. The highest BCUT2D eigenvalue weighted by atomic mass is 16.1. The minimum absolute atomic E-state index is 0.0771. The average molecular weight is 486 g/mol. The van der Waals surface area contributed by atoms with Gasteiger partial charge in [0.1, 0.15) is 11.6 Å². The summed E-state index contributed by atoms with van der Waals surface area (Å²) in [6.07, 6.45) is 6.74. The van der Waals surface area contributed by atoms with Crippen molar-refractivity contribution >= 4 is 22.4 Å². The Bertz CT molecular complexity index is 1480. The molecule has 1 unspecified atom stereocenters. The summed E-state index contributed by atoms with van der Waals surface area (Å²) in [4.78, 5) is 29.3. The zero-order valence-corrected chi connectivity index (χ0v) is 22.0. The number of aryl methyl sites for hydroxylation is 1. The largest absolute Gasteiger partial charge is 0.340 e. The van der Waals surface area contributed by atoms with Gasteiger partial charge in [-0.3, -0.25) is 4.79 Å². The standard InChI is InChI=1S/C28H35N7O/c1-7-34-26(36)22-17-30-24(16-23(22)35(34)25-12-13-29-27(32-25)28(2,3)4)31-20-10-8-19-15-21(33(5)6)11-9-18(19)14-20/h8,10,12-14,16-17,21H,7,9,11,15H2,1-6H3,(H,30,31). The molecular weight excluding hydrogens is 450 g/mol. The van der Waals surface area contributed by atoms with E-state index in [2.05, 4.69) is 73.3 Å². The molecule has 1 aliphatic rings. The van der Waals surface area contributed by atoms with Crippen LogP contribution in [0.3, 0.4) is 0 Å². The van der Waals surface area contributed by atoms with Crippen LogP contribution >= 0.6 is 0 Å². The molecule has 5 rings (SSSR count). The molecule has 0 saturated carbocycles. The molecule has 0 spiro atoms. The van der Waals surface area contributed by atoms with Gasteiger partial charge in [-0.15, -0.1) is 0 Å². The van der Waals surface area contributed by atoms with Crippen molar-refractivity contribution in [3.05, 3.63) is 70.0 Å². The second kappa shape index (κ2) is 9.17. The molecule has 8 heteroatoms. The highest BCUT2D eigenvalue weighted by molar-refractivity contribution is 5.82. The van der Waals surface area contributed by atoms with Crippen molar-refractivity contribution in [2.45, 2.75) is 65.0 Å². The van der Waals surface area contributed by atoms with Gasteiger partial charge in [0.15, 0.2) is 5.82 Å². The molecule has 188 valence electrons. The van der Waals surface area contributed by atoms with Gasteiger partial charge in [-0.25, -0.2) is 24.3 Å². The van der Waals surface area contributed by atoms with E-state index in [-0.39, 0.29) is 11.0 Å². The van der Waals surface area contributed by atoms with Crippen molar-refractivity contribution < 1.29 is 0 Å². The summed E-state index contributed by atoms with van der Waals surface area (Å²) >= 11 is 0. The second-order valence-corrected chi connectivity index (χ2v) is 10.9. The van der Waals surface area contributed by atoms with E-state index in [1.807, 2.05) is 23.7 Å². The second-order valence-electron chi connectivity index (χ2n) is 10.9. The minimum Gasteiger partial charge on any atom is -0.340 e. The molecular formula is C28H35N7O. The van der Waals surface area contributed by atoms with Crippen molar-refractivity contribution in [3.63, 3.8) is 0 Å². The van der Waals surface area contributed by atoms with Gasteiger partial charge in [-0.2, -0.15) is 0 Å². The zero-order chi connectivity index (χ0) is 25.6. The summed E-state index contributed by atoms with van der Waals surface area (Å²) in [5, 5.41) is 4.03. The van der Waals surface area contributed by atoms with Gasteiger partial charge >= 0.3 is 0 Å². The van der Waals surface area contributed by atoms with E-state index in [1.54, 1.807) is 17.1 Å². The topological polar surface area (TPSA) is 80.9 Å². The fourth-order valence-corrected chi connectivity index (χ4v) is 4.98. The molecule has 3 heterocycles. The van der Waals surface area contributed by atoms with Gasteiger partial charge in [-0.05, 0) is 63.5 Å². The van der Waals surface area contributed by atoms with Crippen LogP contribution in [0, 0.1) is 0 Å². The number of benzene rings is 1. The van der Waals surface area contributed by atoms with Crippen LogP contribution in [0.1, 0.15) is 51.1 Å². The van der Waals surface area contributed by atoms with E-state index in [0.717, 1.165) is 29.9 Å². The van der Waals surface area contributed by atoms with Gasteiger partial charge in [0.25, 0.3) is 5.56 Å². The molecule has 3 aromatic heterocycles. The maximum absolute atomic E-state index is 13.2. The van der Waals surface area contributed by atoms with Crippen LogP contribution in [0.25, 0.3) is 16.7 Å². The van der Waals surface area contributed by atoms with Crippen molar-refractivity contribution in [3.8, 4) is 5.82 Å². The lowest BCUT2D eigenvalue weighted by Gasteiger charge is -2.30. The number of rotatable bonds is 5. The Morgan fingerprint density at radius 2 is 1.92 bits per heavy atom. The molecule has 1 N–H and O–H groups in total. The third-order valence-electron chi connectivity index (χ3n) is 7.06. The lowest BCUT2D eigenvalue weighted by atomic mass is 9.87. The quantitative estimate of drug-likeness (QED) is 0.450. The number of aromatic nitrogens is 5. The Kier molecular flexibility index (Phi) is 6.16. The Morgan fingerprint density at radius 3 is 2.64 bits per heavy atom. The van der Waals surface area contributed by atoms with Crippen LogP contribution in [0.4, 0.5) is 11.5 Å². The third kappa shape index (κ3) is 4.41. The Morgan fingerprint density at radius 1 is 1.11 bits per heavy atom. The molecule has 36 heavy (non-hydrogen) atoms. The number of anilines is 2. The van der Waals surface area contributed by atoms with Crippen LogP contribution < -0.4 is 10.9 Å². The fourth-order valence-electron chi connectivity index (χ4n) is 4.98. The van der Waals surface area contributed by atoms with Gasteiger partial charge < -0.3 is 10.2 Å².